The second-order valence-corrected chi connectivity index (χ2v) is 4.69. The van der Waals surface area contributed by atoms with Crippen LogP contribution in [0.3, 0.4) is 0 Å². The number of rotatable bonds is 2. The highest BCUT2D eigenvalue weighted by Gasteiger charge is 2.31. The van der Waals surface area contributed by atoms with E-state index in [-0.39, 0.29) is 22.5 Å². The highest BCUT2D eigenvalue weighted by Crippen LogP contribution is 2.22. The molecule has 1 aromatic carbocycles. The van der Waals surface area contributed by atoms with Crippen LogP contribution in [0.5, 0.6) is 0 Å². The van der Waals surface area contributed by atoms with Gasteiger partial charge >= 0.3 is 0 Å². The predicted molar refractivity (Wildman–Crippen MR) is 76.8 cm³/mol. The van der Waals surface area contributed by atoms with E-state index in [0.29, 0.717) is 5.69 Å². The number of nitrogens with zero attached hydrogens (tertiary/aromatic N) is 1. The minimum Gasteiger partial charge on any atom is -0.384 e. The van der Waals surface area contributed by atoms with Crippen LogP contribution in [0, 0.1) is 0 Å². The molecular formula is C14H10N4O4. The average Bonchev–Trinajstić information content (AvgIpc) is 2.74. The van der Waals surface area contributed by atoms with Gasteiger partial charge in [0.2, 0.25) is 5.91 Å². The van der Waals surface area contributed by atoms with Gasteiger partial charge < -0.3 is 11.5 Å². The first-order chi connectivity index (χ1) is 10.4. The van der Waals surface area contributed by atoms with E-state index in [0.717, 1.165) is 10.6 Å². The smallest absolute Gasteiger partial charge is 0.262 e. The minimum absolute atomic E-state index is 0.0384. The van der Waals surface area contributed by atoms with Crippen LogP contribution in [0.4, 0.5) is 5.82 Å². The number of amides is 3. The quantitative estimate of drug-likeness (QED) is 0.636. The highest BCUT2D eigenvalue weighted by atomic mass is 16.2. The third kappa shape index (κ3) is 1.85. The van der Waals surface area contributed by atoms with Gasteiger partial charge in [-0.1, -0.05) is 0 Å². The normalized spacial score (nSPS) is 12.9. The monoisotopic (exact) mass is 298 g/mol. The summed E-state index contributed by atoms with van der Waals surface area (Å²) in [6.45, 7) is 0. The molecule has 0 atom stereocenters. The molecule has 2 aromatic rings. The van der Waals surface area contributed by atoms with Gasteiger partial charge in [0.1, 0.15) is 5.82 Å². The first-order valence-electron chi connectivity index (χ1n) is 6.21. The molecule has 5 N–H and O–H groups in total. The number of nitrogens with one attached hydrogen (secondary N) is 1. The molecule has 0 bridgehead atoms. The van der Waals surface area contributed by atoms with Crippen LogP contribution >= 0.6 is 0 Å². The Balaban J connectivity index is 2.22. The van der Waals surface area contributed by atoms with Crippen molar-refractivity contribution in [3.8, 4) is 5.69 Å². The average molecular weight is 298 g/mol. The van der Waals surface area contributed by atoms with Crippen LogP contribution in [0.1, 0.15) is 31.1 Å². The molecule has 0 unspecified atom stereocenters. The fraction of sp³-hybridized carbons (Fsp3) is 0. The van der Waals surface area contributed by atoms with Crippen LogP contribution in [0.2, 0.25) is 0 Å². The number of aromatic nitrogens is 1. The summed E-state index contributed by atoms with van der Waals surface area (Å²) in [6.07, 6.45) is 0. The fourth-order valence-corrected chi connectivity index (χ4v) is 2.32. The minimum atomic E-state index is -0.653. The zero-order valence-corrected chi connectivity index (χ0v) is 11.1. The van der Waals surface area contributed by atoms with Gasteiger partial charge in [-0.05, 0) is 24.3 Å². The summed E-state index contributed by atoms with van der Waals surface area (Å²) in [6, 6.07) is 6.86. The van der Waals surface area contributed by atoms with Crippen molar-refractivity contribution in [3.63, 3.8) is 0 Å². The summed E-state index contributed by atoms with van der Waals surface area (Å²) in [5.41, 5.74) is 11.0. The van der Waals surface area contributed by atoms with Gasteiger partial charge in [-0.25, -0.2) is 0 Å². The molecule has 0 fully saturated rings. The molecular weight excluding hydrogens is 288 g/mol. The number of carbonyl (C=O) groups is 3. The van der Waals surface area contributed by atoms with Crippen LogP contribution in [0.25, 0.3) is 5.69 Å². The molecule has 8 nitrogen and oxygen atoms in total. The molecule has 1 aliphatic heterocycles. The highest BCUT2D eigenvalue weighted by molar-refractivity contribution is 6.23. The van der Waals surface area contributed by atoms with Crippen LogP contribution in [-0.2, 0) is 0 Å². The lowest BCUT2D eigenvalue weighted by Crippen LogP contribution is -2.24. The van der Waals surface area contributed by atoms with Gasteiger partial charge in [-0.2, -0.15) is 0 Å². The fourth-order valence-electron chi connectivity index (χ4n) is 2.32. The molecule has 0 spiro atoms. The number of pyridine rings is 1. The van der Waals surface area contributed by atoms with Crippen molar-refractivity contribution in [2.24, 2.45) is 5.73 Å². The van der Waals surface area contributed by atoms with Crippen molar-refractivity contribution in [3.05, 3.63) is 57.4 Å². The number of imide groups is 1. The first kappa shape index (κ1) is 13.6. The largest absolute Gasteiger partial charge is 0.384 e. The molecule has 8 heteroatoms. The third-order valence-corrected chi connectivity index (χ3v) is 3.36. The molecule has 2 heterocycles. The molecule has 3 rings (SSSR count). The summed E-state index contributed by atoms with van der Waals surface area (Å²) < 4.78 is 1.09. The maximum absolute atomic E-state index is 12.2. The van der Waals surface area contributed by atoms with Crippen LogP contribution in [0.15, 0.2) is 35.1 Å². The van der Waals surface area contributed by atoms with E-state index in [1.54, 1.807) is 0 Å². The summed E-state index contributed by atoms with van der Waals surface area (Å²) in [7, 11) is 0. The Morgan fingerprint density at radius 1 is 1.05 bits per heavy atom. The Bertz CT molecular complexity index is 896. The number of nitrogen functional groups attached to an aromatic ring is 1. The Labute approximate surface area is 123 Å². The molecule has 0 saturated heterocycles. The van der Waals surface area contributed by atoms with E-state index in [4.69, 9.17) is 11.5 Å². The van der Waals surface area contributed by atoms with Crippen molar-refractivity contribution < 1.29 is 14.4 Å². The van der Waals surface area contributed by atoms with E-state index in [1.165, 1.54) is 24.3 Å². The summed E-state index contributed by atoms with van der Waals surface area (Å²) in [5.74, 6) is -2.05. The Kier molecular flexibility index (Phi) is 2.81. The number of primary amides is 1. The molecule has 1 aromatic heterocycles. The van der Waals surface area contributed by atoms with Crippen molar-refractivity contribution >= 4 is 23.5 Å². The first-order valence-corrected chi connectivity index (χ1v) is 6.21. The molecule has 110 valence electrons. The van der Waals surface area contributed by atoms with Gasteiger partial charge in [0, 0.05) is 11.6 Å². The number of hydrogen-bond acceptors (Lipinski definition) is 5. The lowest BCUT2D eigenvalue weighted by Gasteiger charge is -2.12. The van der Waals surface area contributed by atoms with Gasteiger partial charge in [0.05, 0.1) is 16.8 Å². The molecule has 3 amide bonds. The topological polar surface area (TPSA) is 137 Å². The zero-order valence-electron chi connectivity index (χ0n) is 11.1. The SMILES string of the molecule is NC(=O)c1ccc(-n2c(N)c3c(cc2=O)C(=O)NC3=O)cc1. The molecule has 0 saturated carbocycles. The maximum atomic E-state index is 12.2. The molecule has 0 aliphatic carbocycles. The van der Waals surface area contributed by atoms with Crippen LogP contribution < -0.4 is 22.3 Å². The van der Waals surface area contributed by atoms with E-state index in [2.05, 4.69) is 5.32 Å². The maximum Gasteiger partial charge on any atom is 0.262 e. The van der Waals surface area contributed by atoms with E-state index in [9.17, 15) is 19.2 Å². The van der Waals surface area contributed by atoms with Gasteiger partial charge in [-0.3, -0.25) is 29.1 Å². The number of benzene rings is 1. The van der Waals surface area contributed by atoms with Crippen LogP contribution in [-0.4, -0.2) is 22.3 Å². The van der Waals surface area contributed by atoms with Gasteiger partial charge in [-0.15, -0.1) is 0 Å². The lowest BCUT2D eigenvalue weighted by atomic mass is 10.1. The third-order valence-electron chi connectivity index (χ3n) is 3.36. The van der Waals surface area contributed by atoms with E-state index < -0.39 is 23.3 Å². The standard InChI is InChI=1S/C14H10N4O4/c15-11-10-8(13(21)17-14(10)22)5-9(19)18(11)7-3-1-6(2-4-7)12(16)20/h1-5H,15H2,(H2,16,20)(H,17,21,22). The van der Waals surface area contributed by atoms with Gasteiger partial charge in [0.15, 0.2) is 0 Å². The van der Waals surface area contributed by atoms with E-state index in [1.807, 2.05) is 0 Å². The molecule has 22 heavy (non-hydrogen) atoms. The Morgan fingerprint density at radius 2 is 1.68 bits per heavy atom. The number of fused-ring (bicyclic) bond motifs is 1. The zero-order chi connectivity index (χ0) is 16.0. The Morgan fingerprint density at radius 3 is 2.27 bits per heavy atom. The second kappa shape index (κ2) is 4.55. The summed E-state index contributed by atoms with van der Waals surface area (Å²) >= 11 is 0. The van der Waals surface area contributed by atoms with Crippen molar-refractivity contribution in [1.82, 2.24) is 9.88 Å². The van der Waals surface area contributed by atoms with E-state index >= 15 is 0 Å². The van der Waals surface area contributed by atoms with Crippen molar-refractivity contribution in [1.29, 1.82) is 0 Å². The second-order valence-electron chi connectivity index (χ2n) is 4.69. The van der Waals surface area contributed by atoms with Crippen molar-refractivity contribution in [2.75, 3.05) is 5.73 Å². The summed E-state index contributed by atoms with van der Waals surface area (Å²) in [4.78, 5) is 46.5. The van der Waals surface area contributed by atoms with Crippen molar-refractivity contribution in [2.45, 2.75) is 0 Å². The number of carbonyl (C=O) groups excluding carboxylic acids is 3. The van der Waals surface area contributed by atoms with Gasteiger partial charge in [0.25, 0.3) is 17.4 Å². The summed E-state index contributed by atoms with van der Waals surface area (Å²) in [5, 5.41) is 2.08. The lowest BCUT2D eigenvalue weighted by molar-refractivity contribution is 0.0878. The predicted octanol–water partition coefficient (Wildman–Crippen LogP) is -0.598. The Hall–Kier alpha value is -3.42. The molecule has 0 radical (unpaired) electrons. The number of anilines is 1. The molecule has 1 aliphatic rings. The number of hydrogen-bond donors (Lipinski definition) is 3. The number of nitrogens with two attached hydrogens (primary N) is 2.